The number of Topliss-reactive ketones (excluding diaryl/α,β-unsaturated/α-hetero) is 1. The number of rotatable bonds is 4. The molecule has 6 nitrogen and oxygen atoms in total. The molecule has 3 aromatic rings. The normalized spacial score (nSPS) is 12.9. The van der Waals surface area contributed by atoms with Crippen LogP contribution in [0.1, 0.15) is 20.0 Å². The third-order valence-corrected chi connectivity index (χ3v) is 5.68. The van der Waals surface area contributed by atoms with Crippen LogP contribution >= 0.6 is 22.9 Å². The van der Waals surface area contributed by atoms with E-state index in [1.165, 1.54) is 30.3 Å². The van der Waals surface area contributed by atoms with Gasteiger partial charge in [-0.15, -0.1) is 11.3 Å². The summed E-state index contributed by atoms with van der Waals surface area (Å²) in [6.45, 7) is -0.594. The highest BCUT2D eigenvalue weighted by Gasteiger charge is 2.21. The fourth-order valence-electron chi connectivity index (χ4n) is 2.71. The van der Waals surface area contributed by atoms with Crippen molar-refractivity contribution in [1.29, 1.82) is 0 Å². The molecule has 0 unspecified atom stereocenters. The molecule has 9 heteroatoms. The molecule has 0 spiro atoms. The van der Waals surface area contributed by atoms with Crippen molar-refractivity contribution in [3.8, 4) is 5.75 Å². The molecule has 0 atom stereocenters. The number of carbonyl (C=O) groups is 3. The van der Waals surface area contributed by atoms with Crippen molar-refractivity contribution in [3.63, 3.8) is 0 Å². The summed E-state index contributed by atoms with van der Waals surface area (Å²) in [6, 6.07) is 8.53. The number of anilines is 1. The number of nitrogens with one attached hydrogen (secondary N) is 1. The third-order valence-electron chi connectivity index (χ3n) is 4.05. The van der Waals surface area contributed by atoms with E-state index >= 15 is 0 Å². The first kappa shape index (κ1) is 18.4. The van der Waals surface area contributed by atoms with Crippen LogP contribution in [-0.2, 0) is 9.53 Å². The van der Waals surface area contributed by atoms with E-state index in [-0.39, 0.29) is 28.0 Å². The minimum atomic E-state index is -0.769. The number of carbonyl (C=O) groups excluding carboxylic acids is 3. The van der Waals surface area contributed by atoms with Gasteiger partial charge in [-0.2, -0.15) is 0 Å². The van der Waals surface area contributed by atoms with Crippen LogP contribution in [-0.4, -0.2) is 30.9 Å². The summed E-state index contributed by atoms with van der Waals surface area (Å²) < 4.78 is 24.1. The quantitative estimate of drug-likeness (QED) is 0.509. The highest BCUT2D eigenvalue weighted by Crippen LogP contribution is 2.36. The Bertz CT molecular complexity index is 1140. The van der Waals surface area contributed by atoms with Gasteiger partial charge in [0.15, 0.2) is 19.0 Å². The van der Waals surface area contributed by atoms with Gasteiger partial charge in [0.1, 0.15) is 16.4 Å². The average Bonchev–Trinajstić information content (AvgIpc) is 3.01. The first-order valence-electron chi connectivity index (χ1n) is 8.07. The molecule has 142 valence electrons. The van der Waals surface area contributed by atoms with Gasteiger partial charge in [-0.1, -0.05) is 11.6 Å². The van der Waals surface area contributed by atoms with Crippen molar-refractivity contribution in [2.24, 2.45) is 0 Å². The van der Waals surface area contributed by atoms with Crippen LogP contribution in [0.5, 0.6) is 5.75 Å². The molecule has 0 radical (unpaired) electrons. The summed E-state index contributed by atoms with van der Waals surface area (Å²) in [6.07, 6.45) is 0. The molecule has 1 amide bonds. The smallest absolute Gasteiger partial charge is 0.350 e. The lowest BCUT2D eigenvalue weighted by atomic mass is 10.1. The summed E-state index contributed by atoms with van der Waals surface area (Å²) in [5.74, 6) is -1.53. The molecular formula is C19H11ClFNO5S. The molecule has 0 fully saturated rings. The molecule has 1 N–H and O–H groups in total. The zero-order chi connectivity index (χ0) is 19.8. The van der Waals surface area contributed by atoms with Crippen LogP contribution in [0.25, 0.3) is 10.1 Å². The van der Waals surface area contributed by atoms with Gasteiger partial charge in [0, 0.05) is 15.6 Å². The first-order valence-corrected chi connectivity index (χ1v) is 9.26. The molecule has 2 heterocycles. The Hall–Kier alpha value is -2.97. The van der Waals surface area contributed by atoms with E-state index in [0.717, 1.165) is 11.3 Å². The lowest BCUT2D eigenvalue weighted by Gasteiger charge is -2.18. The molecule has 1 aromatic heterocycles. The first-order chi connectivity index (χ1) is 13.4. The molecule has 2 aromatic carbocycles. The molecule has 0 aliphatic carbocycles. The Morgan fingerprint density at radius 2 is 2.07 bits per heavy atom. The molecular weight excluding hydrogens is 409 g/mol. The Morgan fingerprint density at radius 3 is 2.89 bits per heavy atom. The van der Waals surface area contributed by atoms with Gasteiger partial charge in [-0.05, 0) is 36.4 Å². The number of hydrogen-bond donors (Lipinski definition) is 1. The minimum Gasteiger partial charge on any atom is -0.482 e. The zero-order valence-corrected chi connectivity index (χ0v) is 15.7. The number of hydrogen-bond acceptors (Lipinski definition) is 6. The van der Waals surface area contributed by atoms with E-state index in [1.54, 1.807) is 6.07 Å². The van der Waals surface area contributed by atoms with Crippen molar-refractivity contribution in [2.75, 3.05) is 18.5 Å². The van der Waals surface area contributed by atoms with Crippen molar-refractivity contribution in [3.05, 3.63) is 57.7 Å². The van der Waals surface area contributed by atoms with Crippen molar-refractivity contribution in [2.45, 2.75) is 0 Å². The molecule has 28 heavy (non-hydrogen) atoms. The lowest BCUT2D eigenvalue weighted by Crippen LogP contribution is -2.25. The number of fused-ring (bicyclic) bond motifs is 2. The predicted molar refractivity (Wildman–Crippen MR) is 102 cm³/mol. The molecule has 0 saturated heterocycles. The summed E-state index contributed by atoms with van der Waals surface area (Å²) in [7, 11) is 0. The molecule has 0 bridgehead atoms. The van der Waals surface area contributed by atoms with E-state index in [9.17, 15) is 18.8 Å². The van der Waals surface area contributed by atoms with E-state index in [0.29, 0.717) is 21.5 Å². The number of amides is 1. The van der Waals surface area contributed by atoms with E-state index in [4.69, 9.17) is 21.1 Å². The van der Waals surface area contributed by atoms with E-state index in [1.807, 2.05) is 0 Å². The Balaban J connectivity index is 1.48. The van der Waals surface area contributed by atoms with E-state index < -0.39 is 24.2 Å². The fourth-order valence-corrected chi connectivity index (χ4v) is 4.13. The largest absolute Gasteiger partial charge is 0.482 e. The monoisotopic (exact) mass is 419 g/mol. The molecule has 0 saturated carbocycles. The van der Waals surface area contributed by atoms with Gasteiger partial charge >= 0.3 is 5.97 Å². The number of ether oxygens (including phenoxy) is 2. The maximum atomic E-state index is 13.3. The van der Waals surface area contributed by atoms with Crippen LogP contribution in [0.3, 0.4) is 0 Å². The van der Waals surface area contributed by atoms with Crippen LogP contribution in [0.4, 0.5) is 10.1 Å². The number of benzene rings is 2. The molecule has 1 aliphatic heterocycles. The van der Waals surface area contributed by atoms with Crippen LogP contribution in [0.2, 0.25) is 5.02 Å². The summed E-state index contributed by atoms with van der Waals surface area (Å²) in [4.78, 5) is 36.1. The van der Waals surface area contributed by atoms with Gasteiger partial charge < -0.3 is 14.8 Å². The van der Waals surface area contributed by atoms with Gasteiger partial charge in [0.05, 0.1) is 10.7 Å². The van der Waals surface area contributed by atoms with Crippen molar-refractivity contribution >= 4 is 56.4 Å². The topological polar surface area (TPSA) is 81.7 Å². The van der Waals surface area contributed by atoms with Gasteiger partial charge in [-0.25, -0.2) is 9.18 Å². The molecule has 4 rings (SSSR count). The second kappa shape index (κ2) is 7.21. The Morgan fingerprint density at radius 1 is 1.25 bits per heavy atom. The lowest BCUT2D eigenvalue weighted by molar-refractivity contribution is -0.118. The molecule has 1 aliphatic rings. The fraction of sp³-hybridized carbons (Fsp3) is 0.105. The summed E-state index contributed by atoms with van der Waals surface area (Å²) >= 11 is 7.17. The van der Waals surface area contributed by atoms with Gasteiger partial charge in [-0.3, -0.25) is 9.59 Å². The summed E-state index contributed by atoms with van der Waals surface area (Å²) in [5.41, 5.74) is 0.630. The standard InChI is InChI=1S/C19H11ClFNO5S/c20-17-11-3-2-10(21)6-15(11)28-18(17)19(25)27-7-13(23)9-1-4-14-12(5-9)22-16(24)8-26-14/h1-6H,7-8H2,(H,22,24). The van der Waals surface area contributed by atoms with Gasteiger partial charge in [0.25, 0.3) is 5.91 Å². The van der Waals surface area contributed by atoms with Crippen LogP contribution in [0.15, 0.2) is 36.4 Å². The number of esters is 1. The predicted octanol–water partition coefficient (Wildman–Crippen LogP) is 4.06. The van der Waals surface area contributed by atoms with Crippen molar-refractivity contribution < 1.29 is 28.2 Å². The Kier molecular flexibility index (Phi) is 4.74. The summed E-state index contributed by atoms with van der Waals surface area (Å²) in [5, 5.41) is 3.30. The van der Waals surface area contributed by atoms with Crippen LogP contribution < -0.4 is 10.1 Å². The second-order valence-electron chi connectivity index (χ2n) is 5.93. The number of thiophene rings is 1. The van der Waals surface area contributed by atoms with E-state index in [2.05, 4.69) is 5.32 Å². The maximum Gasteiger partial charge on any atom is 0.350 e. The third kappa shape index (κ3) is 3.44. The number of ketones is 1. The Labute approximate surface area is 166 Å². The average molecular weight is 420 g/mol. The minimum absolute atomic E-state index is 0.0856. The second-order valence-corrected chi connectivity index (χ2v) is 7.36. The number of halogens is 2. The van der Waals surface area contributed by atoms with Gasteiger partial charge in [0.2, 0.25) is 0 Å². The van der Waals surface area contributed by atoms with Crippen LogP contribution in [0, 0.1) is 5.82 Å². The zero-order valence-electron chi connectivity index (χ0n) is 14.1. The highest BCUT2D eigenvalue weighted by atomic mass is 35.5. The maximum absolute atomic E-state index is 13.3. The van der Waals surface area contributed by atoms with Crippen molar-refractivity contribution in [1.82, 2.24) is 0 Å². The highest BCUT2D eigenvalue weighted by molar-refractivity contribution is 7.21. The SMILES string of the molecule is O=C1COc2ccc(C(=O)COC(=O)c3sc4cc(F)ccc4c3Cl)cc2N1.